The molecule has 0 bridgehead atoms. The molecule has 0 radical (unpaired) electrons. The van der Waals surface area contributed by atoms with Crippen LogP contribution in [0.1, 0.15) is 20.8 Å². The highest BCUT2D eigenvalue weighted by Gasteiger charge is 2.26. The predicted octanol–water partition coefficient (Wildman–Crippen LogP) is 2.01. The number of Topliss-reactive ketones (excluding diaryl/α,β-unsaturated/α-hetero) is 1. The number of halogens is 2. The topological polar surface area (TPSA) is 43.4 Å². The van der Waals surface area contributed by atoms with Crippen LogP contribution < -0.4 is 0 Å². The second-order valence-electron chi connectivity index (χ2n) is 3.17. The highest BCUT2D eigenvalue weighted by molar-refractivity contribution is 9.25. The lowest BCUT2D eigenvalue weighted by Crippen LogP contribution is -2.31. The molecule has 0 rings (SSSR count). The van der Waals surface area contributed by atoms with Crippen molar-refractivity contribution in [1.29, 1.82) is 0 Å². The number of hydrogen-bond acceptors (Lipinski definition) is 3. The first-order valence-corrected chi connectivity index (χ1v) is 5.12. The van der Waals surface area contributed by atoms with Gasteiger partial charge in [-0.05, 0) is 20.8 Å². The van der Waals surface area contributed by atoms with Crippen LogP contribution >= 0.6 is 31.9 Å². The highest BCUT2D eigenvalue weighted by Crippen LogP contribution is 2.13. The van der Waals surface area contributed by atoms with Gasteiger partial charge < -0.3 is 4.74 Å². The van der Waals surface area contributed by atoms with Crippen LogP contribution in [0, 0.1) is 0 Å². The van der Waals surface area contributed by atoms with Gasteiger partial charge in [-0.1, -0.05) is 31.9 Å². The monoisotopic (exact) mass is 300 g/mol. The lowest BCUT2D eigenvalue weighted by atomic mass is 10.2. The number of ketones is 1. The van der Waals surface area contributed by atoms with Gasteiger partial charge in [0.05, 0.1) is 0 Å². The van der Waals surface area contributed by atoms with Gasteiger partial charge in [-0.2, -0.15) is 0 Å². The molecule has 0 saturated heterocycles. The third-order valence-electron chi connectivity index (χ3n) is 0.798. The largest absolute Gasteiger partial charge is 0.454 e. The standard InChI is InChI=1S/C7H10Br2O3/c1-7(2,3)12-6(11)4(10)5(8)9/h5H,1-3H3. The van der Waals surface area contributed by atoms with Crippen LogP contribution in [0.5, 0.6) is 0 Å². The Balaban J connectivity index is 4.15. The minimum absolute atomic E-state index is 0.623. The maximum atomic E-state index is 11.0. The number of carbonyl (C=O) groups is 2. The molecule has 5 heteroatoms. The summed E-state index contributed by atoms with van der Waals surface area (Å²) in [5.74, 6) is -1.47. The first kappa shape index (κ1) is 12.1. The van der Waals surface area contributed by atoms with Crippen molar-refractivity contribution in [2.45, 2.75) is 30.1 Å². The number of ether oxygens (including phenoxy) is 1. The SMILES string of the molecule is CC(C)(C)OC(=O)C(=O)C(Br)Br. The van der Waals surface area contributed by atoms with E-state index in [9.17, 15) is 9.59 Å². The summed E-state index contributed by atoms with van der Waals surface area (Å²) >= 11 is 5.83. The molecule has 70 valence electrons. The van der Waals surface area contributed by atoms with Gasteiger partial charge in [0.15, 0.2) is 0 Å². The fourth-order valence-electron chi connectivity index (χ4n) is 0.417. The molecule has 0 spiro atoms. The van der Waals surface area contributed by atoms with Gasteiger partial charge >= 0.3 is 5.97 Å². The molecule has 0 aromatic carbocycles. The van der Waals surface area contributed by atoms with E-state index in [1.54, 1.807) is 20.8 Å². The van der Waals surface area contributed by atoms with Crippen molar-refractivity contribution >= 4 is 43.6 Å². The summed E-state index contributed by atoms with van der Waals surface area (Å²) in [6.07, 6.45) is 0. The Morgan fingerprint density at radius 2 is 1.67 bits per heavy atom. The Morgan fingerprint density at radius 3 is 1.92 bits per heavy atom. The minimum Gasteiger partial charge on any atom is -0.454 e. The molecule has 0 aliphatic rings. The van der Waals surface area contributed by atoms with Crippen LogP contribution in [0.4, 0.5) is 0 Å². The Hall–Kier alpha value is 0.1000. The quantitative estimate of drug-likeness (QED) is 0.445. The molecular weight excluding hydrogens is 292 g/mol. The van der Waals surface area contributed by atoms with E-state index in [4.69, 9.17) is 4.74 Å². The van der Waals surface area contributed by atoms with Gasteiger partial charge in [0.2, 0.25) is 0 Å². The molecule has 0 aromatic heterocycles. The molecular formula is C7H10Br2O3. The zero-order valence-electron chi connectivity index (χ0n) is 7.06. The van der Waals surface area contributed by atoms with Crippen molar-refractivity contribution in [2.24, 2.45) is 0 Å². The van der Waals surface area contributed by atoms with Gasteiger partial charge in [0, 0.05) is 0 Å². The van der Waals surface area contributed by atoms with Gasteiger partial charge in [-0.15, -0.1) is 0 Å². The van der Waals surface area contributed by atoms with Gasteiger partial charge in [-0.3, -0.25) is 4.79 Å². The lowest BCUT2D eigenvalue weighted by molar-refractivity contribution is -0.161. The third kappa shape index (κ3) is 4.87. The smallest absolute Gasteiger partial charge is 0.377 e. The van der Waals surface area contributed by atoms with Gasteiger partial charge in [-0.25, -0.2) is 4.79 Å². The van der Waals surface area contributed by atoms with E-state index in [0.29, 0.717) is 0 Å². The maximum absolute atomic E-state index is 11.0. The van der Waals surface area contributed by atoms with E-state index in [1.165, 1.54) is 0 Å². The van der Waals surface area contributed by atoms with Crippen molar-refractivity contribution in [1.82, 2.24) is 0 Å². The fourth-order valence-corrected chi connectivity index (χ4v) is 0.791. The van der Waals surface area contributed by atoms with Crippen molar-refractivity contribution in [3.63, 3.8) is 0 Å². The van der Waals surface area contributed by atoms with Crippen LogP contribution in [-0.2, 0) is 14.3 Å². The summed E-state index contributed by atoms with van der Waals surface area (Å²) in [6, 6.07) is 0. The molecule has 0 saturated carbocycles. The van der Waals surface area contributed by atoms with Gasteiger partial charge in [0.1, 0.15) is 9.34 Å². The van der Waals surface area contributed by atoms with E-state index in [-0.39, 0.29) is 0 Å². The maximum Gasteiger partial charge on any atom is 0.377 e. The Kier molecular flexibility index (Phi) is 4.40. The molecule has 0 amide bonds. The zero-order valence-corrected chi connectivity index (χ0v) is 10.2. The number of rotatable bonds is 2. The van der Waals surface area contributed by atoms with Crippen molar-refractivity contribution < 1.29 is 14.3 Å². The Morgan fingerprint density at radius 1 is 1.25 bits per heavy atom. The summed E-state index contributed by atoms with van der Waals surface area (Å²) in [6.45, 7) is 5.11. The molecule has 12 heavy (non-hydrogen) atoms. The summed E-state index contributed by atoms with van der Waals surface area (Å²) in [4.78, 5) is 21.9. The number of hydrogen-bond donors (Lipinski definition) is 0. The molecule has 0 aromatic rings. The summed E-state index contributed by atoms with van der Waals surface area (Å²) in [5.41, 5.74) is -0.623. The Bertz CT molecular complexity index is 193. The number of alkyl halides is 2. The fraction of sp³-hybridized carbons (Fsp3) is 0.714. The first-order valence-electron chi connectivity index (χ1n) is 3.29. The van der Waals surface area contributed by atoms with E-state index in [1.807, 2.05) is 0 Å². The van der Waals surface area contributed by atoms with E-state index in [2.05, 4.69) is 31.9 Å². The van der Waals surface area contributed by atoms with Crippen molar-refractivity contribution in [3.8, 4) is 0 Å². The molecule has 0 unspecified atom stereocenters. The van der Waals surface area contributed by atoms with Crippen molar-refractivity contribution in [3.05, 3.63) is 0 Å². The summed E-state index contributed by atoms with van der Waals surface area (Å²) in [7, 11) is 0. The molecule has 0 aliphatic carbocycles. The van der Waals surface area contributed by atoms with Crippen LogP contribution in [0.2, 0.25) is 0 Å². The second kappa shape index (κ2) is 4.37. The van der Waals surface area contributed by atoms with Crippen LogP contribution in [-0.4, -0.2) is 21.1 Å². The highest BCUT2D eigenvalue weighted by atomic mass is 79.9. The van der Waals surface area contributed by atoms with Crippen LogP contribution in [0.15, 0.2) is 0 Å². The van der Waals surface area contributed by atoms with E-state index >= 15 is 0 Å². The Labute approximate surface area is 88.1 Å². The zero-order chi connectivity index (χ0) is 9.94. The second-order valence-corrected chi connectivity index (χ2v) is 6.23. The lowest BCUT2D eigenvalue weighted by Gasteiger charge is -2.18. The van der Waals surface area contributed by atoms with E-state index < -0.39 is 21.1 Å². The van der Waals surface area contributed by atoms with Crippen LogP contribution in [0.25, 0.3) is 0 Å². The molecule has 0 heterocycles. The molecule has 0 atom stereocenters. The average Bonchev–Trinajstić information content (AvgIpc) is 1.82. The molecule has 0 N–H and O–H groups in total. The predicted molar refractivity (Wildman–Crippen MR) is 52.5 cm³/mol. The van der Waals surface area contributed by atoms with Gasteiger partial charge in [0.25, 0.3) is 5.78 Å². The van der Waals surface area contributed by atoms with Crippen molar-refractivity contribution in [2.75, 3.05) is 0 Å². The minimum atomic E-state index is -0.832. The third-order valence-corrected chi connectivity index (χ3v) is 1.63. The molecule has 0 aliphatic heterocycles. The average molecular weight is 302 g/mol. The summed E-state index contributed by atoms with van der Waals surface area (Å²) in [5, 5.41) is 0. The number of carbonyl (C=O) groups excluding carboxylic acids is 2. The summed E-state index contributed by atoms with van der Waals surface area (Å²) < 4.78 is 4.15. The number of esters is 1. The first-order chi connectivity index (χ1) is 5.24. The normalized spacial score (nSPS) is 11.5. The van der Waals surface area contributed by atoms with Crippen LogP contribution in [0.3, 0.4) is 0 Å². The molecule has 3 nitrogen and oxygen atoms in total. The van der Waals surface area contributed by atoms with E-state index in [0.717, 1.165) is 0 Å². The molecule has 0 fully saturated rings.